The van der Waals surface area contributed by atoms with Gasteiger partial charge >= 0.3 is 0 Å². The number of nitrogens with two attached hydrogens (primary N) is 1. The number of anilines is 2. The predicted molar refractivity (Wildman–Crippen MR) is 67.3 cm³/mol. The molecule has 0 unspecified atom stereocenters. The second kappa shape index (κ2) is 7.00. The Labute approximate surface area is 97.1 Å². The zero-order valence-electron chi connectivity index (χ0n) is 10.1. The zero-order chi connectivity index (χ0) is 11.8. The van der Waals surface area contributed by atoms with Crippen molar-refractivity contribution in [2.75, 3.05) is 37.2 Å². The summed E-state index contributed by atoms with van der Waals surface area (Å²) in [6, 6.07) is 0. The van der Waals surface area contributed by atoms with Gasteiger partial charge in [0, 0.05) is 6.54 Å². The van der Waals surface area contributed by atoms with Gasteiger partial charge in [-0.3, -0.25) is 0 Å². The maximum atomic E-state index is 5.45. The van der Waals surface area contributed by atoms with Gasteiger partial charge < -0.3 is 16.0 Å². The molecule has 0 saturated heterocycles. The van der Waals surface area contributed by atoms with E-state index in [-0.39, 0.29) is 0 Å². The van der Waals surface area contributed by atoms with Gasteiger partial charge in [-0.1, -0.05) is 13.8 Å². The Morgan fingerprint density at radius 2 is 2.00 bits per heavy atom. The Balaban J connectivity index is 2.18. The van der Waals surface area contributed by atoms with Gasteiger partial charge in [0.05, 0.1) is 12.4 Å². The van der Waals surface area contributed by atoms with Crippen molar-refractivity contribution in [1.29, 1.82) is 0 Å². The summed E-state index contributed by atoms with van der Waals surface area (Å²) in [5.74, 6) is 1.24. The van der Waals surface area contributed by atoms with E-state index in [0.717, 1.165) is 38.4 Å². The van der Waals surface area contributed by atoms with Crippen molar-refractivity contribution in [3.63, 3.8) is 0 Å². The van der Waals surface area contributed by atoms with E-state index in [9.17, 15) is 0 Å². The molecule has 5 nitrogen and oxygen atoms in total. The van der Waals surface area contributed by atoms with Gasteiger partial charge in [-0.25, -0.2) is 9.97 Å². The highest BCUT2D eigenvalue weighted by Gasteiger charge is 1.98. The summed E-state index contributed by atoms with van der Waals surface area (Å²) in [5.41, 5.74) is 5.45. The lowest BCUT2D eigenvalue weighted by molar-refractivity contribution is 0.303. The molecule has 0 fully saturated rings. The first-order valence-electron chi connectivity index (χ1n) is 5.80. The lowest BCUT2D eigenvalue weighted by Gasteiger charge is -2.17. The molecule has 1 rings (SSSR count). The molecule has 1 heterocycles. The van der Waals surface area contributed by atoms with E-state index in [1.165, 1.54) is 0 Å². The summed E-state index contributed by atoms with van der Waals surface area (Å²) in [5, 5.41) is 3.22. The average Bonchev–Trinajstić information content (AvgIpc) is 2.32. The van der Waals surface area contributed by atoms with Crippen LogP contribution in [0.5, 0.6) is 0 Å². The van der Waals surface area contributed by atoms with Crippen LogP contribution < -0.4 is 11.1 Å². The van der Waals surface area contributed by atoms with Gasteiger partial charge in [-0.05, 0) is 26.1 Å². The standard InChI is InChI=1S/C11H21N5/c1-3-16(4-2)7-5-6-13-11-9-14-10(12)8-15-11/h8-9H,3-7H2,1-2H3,(H2,12,14)(H,13,15). The first-order valence-corrected chi connectivity index (χ1v) is 5.80. The number of nitrogens with one attached hydrogen (secondary N) is 1. The van der Waals surface area contributed by atoms with E-state index < -0.39 is 0 Å². The van der Waals surface area contributed by atoms with E-state index in [4.69, 9.17) is 5.73 Å². The van der Waals surface area contributed by atoms with Crippen LogP contribution in [-0.2, 0) is 0 Å². The summed E-state index contributed by atoms with van der Waals surface area (Å²) in [4.78, 5) is 10.5. The van der Waals surface area contributed by atoms with Crippen LogP contribution in [0.2, 0.25) is 0 Å². The molecule has 1 aromatic heterocycles. The highest BCUT2D eigenvalue weighted by Crippen LogP contribution is 2.01. The lowest BCUT2D eigenvalue weighted by atomic mass is 10.3. The summed E-state index contributed by atoms with van der Waals surface area (Å²) in [7, 11) is 0. The molecule has 0 aliphatic rings. The third kappa shape index (κ3) is 4.44. The molecule has 0 spiro atoms. The van der Waals surface area contributed by atoms with Crippen LogP contribution in [0.25, 0.3) is 0 Å². The Morgan fingerprint density at radius 1 is 1.25 bits per heavy atom. The Hall–Kier alpha value is -1.36. The first-order chi connectivity index (χ1) is 7.76. The number of aromatic nitrogens is 2. The second-order valence-electron chi connectivity index (χ2n) is 3.63. The fourth-order valence-corrected chi connectivity index (χ4v) is 1.49. The lowest BCUT2D eigenvalue weighted by Crippen LogP contribution is -2.25. The molecule has 0 aliphatic carbocycles. The van der Waals surface area contributed by atoms with Gasteiger partial charge in [0.1, 0.15) is 11.6 Å². The fourth-order valence-electron chi connectivity index (χ4n) is 1.49. The Morgan fingerprint density at radius 3 is 2.56 bits per heavy atom. The number of hydrogen-bond acceptors (Lipinski definition) is 5. The van der Waals surface area contributed by atoms with Crippen LogP contribution in [0, 0.1) is 0 Å². The van der Waals surface area contributed by atoms with Gasteiger partial charge in [0.15, 0.2) is 0 Å². The highest BCUT2D eigenvalue weighted by atomic mass is 15.1. The number of nitrogens with zero attached hydrogens (tertiary/aromatic N) is 3. The predicted octanol–water partition coefficient (Wildman–Crippen LogP) is 1.20. The van der Waals surface area contributed by atoms with E-state index in [0.29, 0.717) is 5.82 Å². The monoisotopic (exact) mass is 223 g/mol. The normalized spacial score (nSPS) is 10.7. The second-order valence-corrected chi connectivity index (χ2v) is 3.63. The van der Waals surface area contributed by atoms with Crippen molar-refractivity contribution in [3.8, 4) is 0 Å². The molecular formula is C11H21N5. The van der Waals surface area contributed by atoms with Crippen molar-refractivity contribution in [3.05, 3.63) is 12.4 Å². The minimum absolute atomic E-state index is 0.452. The van der Waals surface area contributed by atoms with Crippen molar-refractivity contribution >= 4 is 11.6 Å². The third-order valence-electron chi connectivity index (χ3n) is 2.52. The molecular weight excluding hydrogens is 202 g/mol. The molecule has 0 aliphatic heterocycles. The Kier molecular flexibility index (Phi) is 5.56. The van der Waals surface area contributed by atoms with Gasteiger partial charge in [-0.2, -0.15) is 0 Å². The topological polar surface area (TPSA) is 67.1 Å². The molecule has 0 atom stereocenters. The molecule has 3 N–H and O–H groups in total. The molecule has 16 heavy (non-hydrogen) atoms. The molecule has 0 radical (unpaired) electrons. The van der Waals surface area contributed by atoms with Crippen molar-refractivity contribution in [2.45, 2.75) is 20.3 Å². The van der Waals surface area contributed by atoms with Crippen LogP contribution in [-0.4, -0.2) is 41.0 Å². The van der Waals surface area contributed by atoms with Crippen LogP contribution in [0.15, 0.2) is 12.4 Å². The van der Waals surface area contributed by atoms with Crippen LogP contribution >= 0.6 is 0 Å². The summed E-state index contributed by atoms with van der Waals surface area (Å²) in [6.07, 6.45) is 4.33. The van der Waals surface area contributed by atoms with E-state index in [1.807, 2.05) is 0 Å². The molecule has 0 aromatic carbocycles. The van der Waals surface area contributed by atoms with Crippen LogP contribution in [0.4, 0.5) is 11.6 Å². The minimum Gasteiger partial charge on any atom is -0.382 e. The van der Waals surface area contributed by atoms with Gasteiger partial charge in [0.2, 0.25) is 0 Å². The van der Waals surface area contributed by atoms with Gasteiger partial charge in [0.25, 0.3) is 0 Å². The largest absolute Gasteiger partial charge is 0.382 e. The maximum absolute atomic E-state index is 5.45. The van der Waals surface area contributed by atoms with Crippen LogP contribution in [0.3, 0.4) is 0 Å². The molecule has 5 heteroatoms. The number of nitrogen functional groups attached to an aromatic ring is 1. The summed E-state index contributed by atoms with van der Waals surface area (Å²) < 4.78 is 0. The summed E-state index contributed by atoms with van der Waals surface area (Å²) in [6.45, 7) is 8.61. The fraction of sp³-hybridized carbons (Fsp3) is 0.636. The van der Waals surface area contributed by atoms with E-state index >= 15 is 0 Å². The van der Waals surface area contributed by atoms with Crippen molar-refractivity contribution in [1.82, 2.24) is 14.9 Å². The number of rotatable bonds is 7. The van der Waals surface area contributed by atoms with Crippen molar-refractivity contribution < 1.29 is 0 Å². The van der Waals surface area contributed by atoms with E-state index in [1.54, 1.807) is 12.4 Å². The smallest absolute Gasteiger partial charge is 0.144 e. The highest BCUT2D eigenvalue weighted by molar-refractivity contribution is 5.35. The number of hydrogen-bond donors (Lipinski definition) is 2. The van der Waals surface area contributed by atoms with Crippen LogP contribution in [0.1, 0.15) is 20.3 Å². The molecule has 90 valence electrons. The van der Waals surface area contributed by atoms with Gasteiger partial charge in [-0.15, -0.1) is 0 Å². The quantitative estimate of drug-likeness (QED) is 0.680. The Bertz CT molecular complexity index is 281. The maximum Gasteiger partial charge on any atom is 0.144 e. The average molecular weight is 223 g/mol. The van der Waals surface area contributed by atoms with Crippen molar-refractivity contribution in [2.24, 2.45) is 0 Å². The minimum atomic E-state index is 0.452. The van der Waals surface area contributed by atoms with E-state index in [2.05, 4.69) is 34.0 Å². The third-order valence-corrected chi connectivity index (χ3v) is 2.52. The molecule has 0 saturated carbocycles. The molecule has 0 amide bonds. The zero-order valence-corrected chi connectivity index (χ0v) is 10.1. The first kappa shape index (κ1) is 12.7. The molecule has 1 aromatic rings. The molecule has 0 bridgehead atoms. The summed E-state index contributed by atoms with van der Waals surface area (Å²) >= 11 is 0. The SMILES string of the molecule is CCN(CC)CCCNc1cnc(N)cn1.